The van der Waals surface area contributed by atoms with Crippen LogP contribution in [0.5, 0.6) is 5.75 Å². The summed E-state index contributed by atoms with van der Waals surface area (Å²) >= 11 is 0. The van der Waals surface area contributed by atoms with Crippen molar-refractivity contribution in [3.63, 3.8) is 0 Å². The van der Waals surface area contributed by atoms with E-state index in [1.165, 1.54) is 7.11 Å². The van der Waals surface area contributed by atoms with E-state index in [1.54, 1.807) is 13.0 Å². The molecule has 4 nitrogen and oxygen atoms in total. The van der Waals surface area contributed by atoms with Crippen LogP contribution in [0.4, 0.5) is 0 Å². The lowest BCUT2D eigenvalue weighted by Crippen LogP contribution is -2.34. The molecule has 2 aromatic carbocycles. The number of aromatic hydroxyl groups is 1. The van der Waals surface area contributed by atoms with Crippen LogP contribution in [0, 0.1) is 0 Å². The molecule has 2 aromatic rings. The van der Waals surface area contributed by atoms with E-state index in [1.807, 2.05) is 30.3 Å². The van der Waals surface area contributed by atoms with Gasteiger partial charge in [-0.05, 0) is 23.8 Å². The quantitative estimate of drug-likeness (QED) is 0.826. The smallest absolute Gasteiger partial charge is 0.322 e. The SMILES string of the molecule is COC(=O)C(C)NCc1c(O)ccc2ccccc12. The fraction of sp³-hybridized carbons (Fsp3) is 0.267. The van der Waals surface area contributed by atoms with Crippen LogP contribution in [0.1, 0.15) is 12.5 Å². The molecule has 0 bridgehead atoms. The van der Waals surface area contributed by atoms with Gasteiger partial charge in [-0.3, -0.25) is 4.79 Å². The van der Waals surface area contributed by atoms with Crippen LogP contribution in [0.2, 0.25) is 0 Å². The number of phenolic OH excluding ortho intramolecular Hbond substituents is 1. The summed E-state index contributed by atoms with van der Waals surface area (Å²) in [5.41, 5.74) is 0.786. The highest BCUT2D eigenvalue weighted by molar-refractivity contribution is 5.87. The Morgan fingerprint density at radius 2 is 2.05 bits per heavy atom. The highest BCUT2D eigenvalue weighted by Crippen LogP contribution is 2.26. The van der Waals surface area contributed by atoms with Crippen molar-refractivity contribution in [2.45, 2.75) is 19.5 Å². The maximum atomic E-state index is 11.3. The van der Waals surface area contributed by atoms with E-state index < -0.39 is 6.04 Å². The summed E-state index contributed by atoms with van der Waals surface area (Å²) in [7, 11) is 1.36. The highest BCUT2D eigenvalue weighted by Gasteiger charge is 2.14. The first kappa shape index (κ1) is 13.4. The Kier molecular flexibility index (Phi) is 4.02. The molecule has 2 rings (SSSR count). The summed E-state index contributed by atoms with van der Waals surface area (Å²) in [4.78, 5) is 11.3. The zero-order valence-electron chi connectivity index (χ0n) is 11.0. The van der Waals surface area contributed by atoms with Crippen LogP contribution >= 0.6 is 0 Å². The number of carbonyl (C=O) groups is 1. The lowest BCUT2D eigenvalue weighted by atomic mass is 10.0. The molecule has 2 N–H and O–H groups in total. The second-order valence-corrected chi connectivity index (χ2v) is 4.41. The van der Waals surface area contributed by atoms with E-state index in [9.17, 15) is 9.90 Å². The monoisotopic (exact) mass is 259 g/mol. The minimum Gasteiger partial charge on any atom is -0.508 e. The van der Waals surface area contributed by atoms with Crippen LogP contribution < -0.4 is 5.32 Å². The van der Waals surface area contributed by atoms with Crippen molar-refractivity contribution in [3.05, 3.63) is 42.0 Å². The summed E-state index contributed by atoms with van der Waals surface area (Å²) in [5.74, 6) is -0.0945. The fourth-order valence-corrected chi connectivity index (χ4v) is 2.03. The first-order valence-electron chi connectivity index (χ1n) is 6.14. The van der Waals surface area contributed by atoms with Crippen molar-refractivity contribution in [3.8, 4) is 5.75 Å². The highest BCUT2D eigenvalue weighted by atomic mass is 16.5. The number of methoxy groups -OCH3 is 1. The Hall–Kier alpha value is -2.07. The Balaban J connectivity index is 2.25. The first-order valence-corrected chi connectivity index (χ1v) is 6.14. The van der Waals surface area contributed by atoms with E-state index in [0.29, 0.717) is 6.54 Å². The van der Waals surface area contributed by atoms with Crippen LogP contribution in [0.3, 0.4) is 0 Å². The lowest BCUT2D eigenvalue weighted by molar-refractivity contribution is -0.142. The number of esters is 1. The number of hydrogen-bond acceptors (Lipinski definition) is 4. The van der Waals surface area contributed by atoms with Gasteiger partial charge >= 0.3 is 5.97 Å². The molecule has 0 amide bonds. The fourth-order valence-electron chi connectivity index (χ4n) is 2.03. The number of ether oxygens (including phenoxy) is 1. The third kappa shape index (κ3) is 2.85. The largest absolute Gasteiger partial charge is 0.508 e. The van der Waals surface area contributed by atoms with Gasteiger partial charge in [-0.25, -0.2) is 0 Å². The van der Waals surface area contributed by atoms with Gasteiger partial charge in [0.1, 0.15) is 11.8 Å². The summed E-state index contributed by atoms with van der Waals surface area (Å²) in [6.45, 7) is 2.14. The van der Waals surface area contributed by atoms with Crippen molar-refractivity contribution < 1.29 is 14.6 Å². The maximum Gasteiger partial charge on any atom is 0.322 e. The average molecular weight is 259 g/mol. The number of benzene rings is 2. The number of phenols is 1. The van der Waals surface area contributed by atoms with Crippen LogP contribution in [0.25, 0.3) is 10.8 Å². The average Bonchev–Trinajstić information content (AvgIpc) is 2.45. The Morgan fingerprint density at radius 1 is 1.32 bits per heavy atom. The van der Waals surface area contributed by atoms with E-state index >= 15 is 0 Å². The second kappa shape index (κ2) is 5.71. The minimum atomic E-state index is -0.414. The standard InChI is InChI=1S/C15H17NO3/c1-10(15(18)19-2)16-9-13-12-6-4-3-5-11(12)7-8-14(13)17/h3-8,10,16-17H,9H2,1-2H3. The Morgan fingerprint density at radius 3 is 2.79 bits per heavy atom. The molecule has 1 atom stereocenters. The number of rotatable bonds is 4. The molecule has 0 aliphatic rings. The van der Waals surface area contributed by atoms with Gasteiger partial charge in [0.05, 0.1) is 7.11 Å². The summed E-state index contributed by atoms with van der Waals surface area (Å²) in [6, 6.07) is 10.9. The summed E-state index contributed by atoms with van der Waals surface area (Å²) in [6.07, 6.45) is 0. The molecular weight excluding hydrogens is 242 g/mol. The van der Waals surface area contributed by atoms with Gasteiger partial charge in [0, 0.05) is 12.1 Å². The number of nitrogens with one attached hydrogen (secondary N) is 1. The minimum absolute atomic E-state index is 0.225. The van der Waals surface area contributed by atoms with Crippen LogP contribution in [-0.4, -0.2) is 24.2 Å². The molecule has 0 fully saturated rings. The number of hydrogen-bond donors (Lipinski definition) is 2. The normalized spacial score (nSPS) is 12.3. The summed E-state index contributed by atoms with van der Waals surface area (Å²) < 4.78 is 4.65. The van der Waals surface area contributed by atoms with Gasteiger partial charge in [0.25, 0.3) is 0 Å². The molecule has 4 heteroatoms. The second-order valence-electron chi connectivity index (χ2n) is 4.41. The lowest BCUT2D eigenvalue weighted by Gasteiger charge is -2.14. The van der Waals surface area contributed by atoms with Crippen molar-refractivity contribution in [2.75, 3.05) is 7.11 Å². The van der Waals surface area contributed by atoms with Gasteiger partial charge in [0.2, 0.25) is 0 Å². The van der Waals surface area contributed by atoms with Gasteiger partial charge in [0.15, 0.2) is 0 Å². The van der Waals surface area contributed by atoms with Crippen molar-refractivity contribution >= 4 is 16.7 Å². The predicted molar refractivity (Wildman–Crippen MR) is 73.9 cm³/mol. The molecule has 0 aromatic heterocycles. The molecular formula is C15H17NO3. The molecule has 0 radical (unpaired) electrons. The molecule has 0 saturated carbocycles. The van der Waals surface area contributed by atoms with Crippen molar-refractivity contribution in [1.29, 1.82) is 0 Å². The Labute approximate surface area is 112 Å². The van der Waals surface area contributed by atoms with E-state index in [2.05, 4.69) is 10.1 Å². The van der Waals surface area contributed by atoms with E-state index in [-0.39, 0.29) is 11.7 Å². The molecule has 19 heavy (non-hydrogen) atoms. The maximum absolute atomic E-state index is 11.3. The zero-order chi connectivity index (χ0) is 13.8. The van der Waals surface area contributed by atoms with Gasteiger partial charge < -0.3 is 15.2 Å². The zero-order valence-corrected chi connectivity index (χ0v) is 11.0. The van der Waals surface area contributed by atoms with Crippen LogP contribution in [0.15, 0.2) is 36.4 Å². The van der Waals surface area contributed by atoms with Gasteiger partial charge in [-0.2, -0.15) is 0 Å². The van der Waals surface area contributed by atoms with E-state index in [4.69, 9.17) is 0 Å². The van der Waals surface area contributed by atoms with Gasteiger partial charge in [-0.1, -0.05) is 30.3 Å². The predicted octanol–water partition coefficient (Wildman–Crippen LogP) is 2.20. The third-order valence-corrected chi connectivity index (χ3v) is 3.16. The topological polar surface area (TPSA) is 58.6 Å². The van der Waals surface area contributed by atoms with Crippen LogP contribution in [-0.2, 0) is 16.1 Å². The number of fused-ring (bicyclic) bond motifs is 1. The molecule has 100 valence electrons. The number of carbonyl (C=O) groups excluding carboxylic acids is 1. The van der Waals surface area contributed by atoms with Crippen molar-refractivity contribution in [2.24, 2.45) is 0 Å². The molecule has 0 heterocycles. The first-order chi connectivity index (χ1) is 9.13. The molecule has 0 aliphatic carbocycles. The molecule has 0 spiro atoms. The molecule has 0 aliphatic heterocycles. The molecule has 0 saturated heterocycles. The molecule has 1 unspecified atom stereocenters. The Bertz CT molecular complexity index is 595. The van der Waals surface area contributed by atoms with Gasteiger partial charge in [-0.15, -0.1) is 0 Å². The third-order valence-electron chi connectivity index (χ3n) is 3.16. The van der Waals surface area contributed by atoms with Crippen molar-refractivity contribution in [1.82, 2.24) is 5.32 Å². The van der Waals surface area contributed by atoms with E-state index in [0.717, 1.165) is 16.3 Å². The summed E-state index contributed by atoms with van der Waals surface area (Å²) in [5, 5.41) is 15.0.